The average Bonchev–Trinajstić information content (AvgIpc) is 2.51. The Kier molecular flexibility index (Phi) is 5.29. The molecule has 5 nitrogen and oxygen atoms in total. The van der Waals surface area contributed by atoms with Crippen LogP contribution < -0.4 is 11.1 Å². The van der Waals surface area contributed by atoms with Crippen molar-refractivity contribution in [2.24, 2.45) is 11.3 Å². The van der Waals surface area contributed by atoms with Crippen molar-refractivity contribution in [3.05, 3.63) is 29.8 Å². The van der Waals surface area contributed by atoms with Crippen molar-refractivity contribution in [2.45, 2.75) is 33.6 Å². The number of hydrogen-bond donors (Lipinski definition) is 2. The molecule has 2 amide bonds. The molecule has 1 unspecified atom stereocenters. The Hall–Kier alpha value is -2.04. The van der Waals surface area contributed by atoms with E-state index in [1.54, 1.807) is 24.3 Å². The van der Waals surface area contributed by atoms with E-state index >= 15 is 0 Å². The molecule has 1 aliphatic rings. The standard InChI is InChI=1S/C18H27N3O2/c1-18(2,3)17(23)20-11-13-6-5-9-21(12-13)16(22)14-7-4-8-15(19)10-14/h4,7-8,10,13H,5-6,9,11-12,19H2,1-3H3,(H,20,23). The molecule has 0 radical (unpaired) electrons. The van der Waals surface area contributed by atoms with E-state index in [2.05, 4.69) is 5.32 Å². The van der Waals surface area contributed by atoms with E-state index in [-0.39, 0.29) is 17.2 Å². The van der Waals surface area contributed by atoms with Crippen molar-refractivity contribution in [2.75, 3.05) is 25.4 Å². The molecule has 0 spiro atoms. The maximum Gasteiger partial charge on any atom is 0.253 e. The highest BCUT2D eigenvalue weighted by Gasteiger charge is 2.26. The minimum absolute atomic E-state index is 0.0177. The maximum absolute atomic E-state index is 12.6. The lowest BCUT2D eigenvalue weighted by atomic mass is 9.94. The van der Waals surface area contributed by atoms with E-state index in [0.29, 0.717) is 30.3 Å². The number of anilines is 1. The largest absolute Gasteiger partial charge is 0.399 e. The van der Waals surface area contributed by atoms with E-state index in [1.807, 2.05) is 25.7 Å². The summed E-state index contributed by atoms with van der Waals surface area (Å²) >= 11 is 0. The molecule has 0 aromatic heterocycles. The zero-order chi connectivity index (χ0) is 17.0. The second kappa shape index (κ2) is 7.02. The van der Waals surface area contributed by atoms with Crippen LogP contribution in [0, 0.1) is 11.3 Å². The van der Waals surface area contributed by atoms with Gasteiger partial charge in [0.2, 0.25) is 5.91 Å². The number of piperidine rings is 1. The Bertz CT molecular complexity index is 578. The molecular weight excluding hydrogens is 290 g/mol. The molecule has 2 rings (SSSR count). The van der Waals surface area contributed by atoms with Gasteiger partial charge in [-0.3, -0.25) is 9.59 Å². The molecule has 0 bridgehead atoms. The van der Waals surface area contributed by atoms with Gasteiger partial charge in [-0.1, -0.05) is 26.8 Å². The van der Waals surface area contributed by atoms with Gasteiger partial charge in [-0.2, -0.15) is 0 Å². The number of rotatable bonds is 3. The maximum atomic E-state index is 12.6. The molecule has 1 aromatic rings. The smallest absolute Gasteiger partial charge is 0.253 e. The fourth-order valence-corrected chi connectivity index (χ4v) is 2.77. The van der Waals surface area contributed by atoms with Crippen LogP contribution in [0.25, 0.3) is 0 Å². The summed E-state index contributed by atoms with van der Waals surface area (Å²) in [7, 11) is 0. The van der Waals surface area contributed by atoms with Gasteiger partial charge in [0.05, 0.1) is 0 Å². The number of nitrogens with zero attached hydrogens (tertiary/aromatic N) is 1. The third-order valence-electron chi connectivity index (χ3n) is 4.17. The second-order valence-corrected chi connectivity index (χ2v) is 7.34. The minimum atomic E-state index is -0.383. The number of nitrogen functional groups attached to an aromatic ring is 1. The van der Waals surface area contributed by atoms with Crippen LogP contribution in [0.15, 0.2) is 24.3 Å². The topological polar surface area (TPSA) is 75.4 Å². The van der Waals surface area contributed by atoms with Gasteiger partial charge in [0.25, 0.3) is 5.91 Å². The molecular formula is C18H27N3O2. The van der Waals surface area contributed by atoms with Gasteiger partial charge >= 0.3 is 0 Å². The summed E-state index contributed by atoms with van der Waals surface area (Å²) in [4.78, 5) is 26.4. The number of carbonyl (C=O) groups is 2. The van der Waals surface area contributed by atoms with Crippen LogP contribution in [0.3, 0.4) is 0 Å². The molecule has 0 aliphatic carbocycles. The van der Waals surface area contributed by atoms with Crippen LogP contribution >= 0.6 is 0 Å². The van der Waals surface area contributed by atoms with Crippen molar-refractivity contribution >= 4 is 17.5 Å². The normalized spacial score (nSPS) is 18.6. The van der Waals surface area contributed by atoms with Crippen molar-refractivity contribution in [1.29, 1.82) is 0 Å². The molecule has 1 fully saturated rings. The second-order valence-electron chi connectivity index (χ2n) is 7.34. The fraction of sp³-hybridized carbons (Fsp3) is 0.556. The SMILES string of the molecule is CC(C)(C)C(=O)NCC1CCCN(C(=O)c2cccc(N)c2)C1. The molecule has 1 aliphatic heterocycles. The molecule has 0 saturated carbocycles. The molecule has 126 valence electrons. The summed E-state index contributed by atoms with van der Waals surface area (Å²) in [5.74, 6) is 0.376. The Balaban J connectivity index is 1.93. The predicted octanol–water partition coefficient (Wildman–Crippen LogP) is 2.28. The van der Waals surface area contributed by atoms with Crippen molar-refractivity contribution in [3.63, 3.8) is 0 Å². The molecule has 1 atom stereocenters. The number of carbonyl (C=O) groups excluding carboxylic acids is 2. The van der Waals surface area contributed by atoms with Crippen molar-refractivity contribution in [3.8, 4) is 0 Å². The van der Waals surface area contributed by atoms with E-state index in [1.165, 1.54) is 0 Å². The van der Waals surface area contributed by atoms with Gasteiger partial charge in [0.15, 0.2) is 0 Å². The van der Waals surface area contributed by atoms with Gasteiger partial charge < -0.3 is 16.0 Å². The van der Waals surface area contributed by atoms with Crippen LogP contribution in [0.2, 0.25) is 0 Å². The molecule has 1 saturated heterocycles. The number of likely N-dealkylation sites (tertiary alicyclic amines) is 1. The molecule has 5 heteroatoms. The lowest BCUT2D eigenvalue weighted by molar-refractivity contribution is -0.128. The third-order valence-corrected chi connectivity index (χ3v) is 4.17. The molecule has 23 heavy (non-hydrogen) atoms. The van der Waals surface area contributed by atoms with E-state index in [4.69, 9.17) is 5.73 Å². The van der Waals surface area contributed by atoms with Crippen molar-refractivity contribution < 1.29 is 9.59 Å². The summed E-state index contributed by atoms with van der Waals surface area (Å²) in [6.45, 7) is 7.77. The summed E-state index contributed by atoms with van der Waals surface area (Å²) in [6, 6.07) is 7.09. The third kappa shape index (κ3) is 4.71. The Labute approximate surface area is 138 Å². The summed E-state index contributed by atoms with van der Waals surface area (Å²) < 4.78 is 0. The average molecular weight is 317 g/mol. The van der Waals surface area contributed by atoms with Crippen LogP contribution in [0.1, 0.15) is 44.0 Å². The molecule has 1 aromatic carbocycles. The Morgan fingerprint density at radius 2 is 2.09 bits per heavy atom. The van der Waals surface area contributed by atoms with Gasteiger partial charge in [0.1, 0.15) is 0 Å². The van der Waals surface area contributed by atoms with E-state index in [9.17, 15) is 9.59 Å². The summed E-state index contributed by atoms with van der Waals surface area (Å²) in [5, 5.41) is 3.00. The monoisotopic (exact) mass is 317 g/mol. The zero-order valence-electron chi connectivity index (χ0n) is 14.3. The number of nitrogens with one attached hydrogen (secondary N) is 1. The first kappa shape index (κ1) is 17.3. The lowest BCUT2D eigenvalue weighted by Crippen LogP contribution is -2.45. The zero-order valence-corrected chi connectivity index (χ0v) is 14.3. The van der Waals surface area contributed by atoms with Gasteiger partial charge in [-0.15, -0.1) is 0 Å². The van der Waals surface area contributed by atoms with Crippen LogP contribution in [0.5, 0.6) is 0 Å². The number of benzene rings is 1. The predicted molar refractivity (Wildman–Crippen MR) is 91.9 cm³/mol. The van der Waals surface area contributed by atoms with Gasteiger partial charge in [0, 0.05) is 36.3 Å². The number of hydrogen-bond acceptors (Lipinski definition) is 3. The summed E-state index contributed by atoms with van der Waals surface area (Å²) in [5.41, 5.74) is 6.60. The fourth-order valence-electron chi connectivity index (χ4n) is 2.77. The quantitative estimate of drug-likeness (QED) is 0.840. The lowest BCUT2D eigenvalue weighted by Gasteiger charge is -2.33. The minimum Gasteiger partial charge on any atom is -0.399 e. The highest BCUT2D eigenvalue weighted by Crippen LogP contribution is 2.20. The number of amides is 2. The summed E-state index contributed by atoms with van der Waals surface area (Å²) in [6.07, 6.45) is 2.00. The molecule has 1 heterocycles. The highest BCUT2D eigenvalue weighted by atomic mass is 16.2. The van der Waals surface area contributed by atoms with Gasteiger partial charge in [-0.25, -0.2) is 0 Å². The Morgan fingerprint density at radius 1 is 1.35 bits per heavy atom. The van der Waals surface area contributed by atoms with E-state index in [0.717, 1.165) is 19.4 Å². The Morgan fingerprint density at radius 3 is 2.74 bits per heavy atom. The first-order valence-electron chi connectivity index (χ1n) is 8.20. The molecule has 3 N–H and O–H groups in total. The van der Waals surface area contributed by atoms with Crippen LogP contribution in [-0.2, 0) is 4.79 Å². The van der Waals surface area contributed by atoms with Gasteiger partial charge in [-0.05, 0) is 37.0 Å². The van der Waals surface area contributed by atoms with Crippen LogP contribution in [0.4, 0.5) is 5.69 Å². The van der Waals surface area contributed by atoms with Crippen molar-refractivity contribution in [1.82, 2.24) is 10.2 Å². The first-order valence-corrected chi connectivity index (χ1v) is 8.20. The highest BCUT2D eigenvalue weighted by molar-refractivity contribution is 5.95. The number of nitrogens with two attached hydrogens (primary N) is 1. The van der Waals surface area contributed by atoms with E-state index < -0.39 is 0 Å². The van der Waals surface area contributed by atoms with Crippen LogP contribution in [-0.4, -0.2) is 36.3 Å². The first-order chi connectivity index (χ1) is 10.8.